The van der Waals surface area contributed by atoms with E-state index in [9.17, 15) is 9.18 Å². The number of rotatable bonds is 10. The SMILES string of the molecule is CC(C)OC(=O)c1ccc2nc(C(C)N3CCC(c4cccc(OCc5ccc(C#N)cc5F)n4)CC3)n(C[C@@H]3CCO3)c2n1. The third-order valence-corrected chi connectivity index (χ3v) is 8.53. The summed E-state index contributed by atoms with van der Waals surface area (Å²) in [5.41, 5.74) is 3.29. The molecule has 1 unspecified atom stereocenters. The molecule has 0 N–H and O–H groups in total. The van der Waals surface area contributed by atoms with Gasteiger partial charge in [0.1, 0.15) is 23.8 Å². The first-order chi connectivity index (χ1) is 21.8. The maximum Gasteiger partial charge on any atom is 0.357 e. The number of carbonyl (C=O) groups is 1. The molecule has 0 saturated carbocycles. The highest BCUT2D eigenvalue weighted by Gasteiger charge is 2.30. The van der Waals surface area contributed by atoms with E-state index < -0.39 is 11.8 Å². The van der Waals surface area contributed by atoms with Crippen molar-refractivity contribution in [2.75, 3.05) is 19.7 Å². The lowest BCUT2D eigenvalue weighted by Gasteiger charge is -2.36. The average Bonchev–Trinajstić information content (AvgIpc) is 3.39. The Hall–Kier alpha value is -4.40. The lowest BCUT2D eigenvalue weighted by molar-refractivity contribution is -0.0595. The van der Waals surface area contributed by atoms with E-state index in [1.807, 2.05) is 38.1 Å². The van der Waals surface area contributed by atoms with E-state index in [1.54, 1.807) is 24.3 Å². The van der Waals surface area contributed by atoms with Crippen LogP contribution in [-0.2, 0) is 22.6 Å². The van der Waals surface area contributed by atoms with E-state index in [4.69, 9.17) is 34.4 Å². The standard InChI is InChI=1S/C34H37FN6O4/c1-21(2)45-34(42)30-10-9-29-33(39-30)41(19-26-13-16-43-26)32(38-29)22(3)40-14-11-24(12-15-40)28-5-4-6-31(37-28)44-20-25-8-7-23(18-36)17-27(25)35/h4-10,17,21-22,24,26H,11-16,19-20H2,1-3H3/t22?,26-/m0/s1. The van der Waals surface area contributed by atoms with Crippen LogP contribution < -0.4 is 4.74 Å². The van der Waals surface area contributed by atoms with Crippen LogP contribution >= 0.6 is 0 Å². The van der Waals surface area contributed by atoms with E-state index in [0.29, 0.717) is 23.6 Å². The van der Waals surface area contributed by atoms with Crippen molar-refractivity contribution in [1.29, 1.82) is 5.26 Å². The number of nitrogens with zero attached hydrogens (tertiary/aromatic N) is 6. The average molecular weight is 613 g/mol. The second kappa shape index (κ2) is 13.3. The highest BCUT2D eigenvalue weighted by Crippen LogP contribution is 2.33. The molecule has 0 radical (unpaired) electrons. The molecule has 45 heavy (non-hydrogen) atoms. The minimum absolute atomic E-state index is 0.0243. The summed E-state index contributed by atoms with van der Waals surface area (Å²) in [5, 5.41) is 8.97. The first-order valence-corrected chi connectivity index (χ1v) is 15.5. The third kappa shape index (κ3) is 6.82. The lowest BCUT2D eigenvalue weighted by Crippen LogP contribution is -2.37. The van der Waals surface area contributed by atoms with Crippen LogP contribution in [0.1, 0.15) is 85.1 Å². The van der Waals surface area contributed by atoms with Gasteiger partial charge in [0.2, 0.25) is 5.88 Å². The molecule has 11 heteroatoms. The van der Waals surface area contributed by atoms with Crippen molar-refractivity contribution in [3.05, 3.63) is 82.7 Å². The van der Waals surface area contributed by atoms with E-state index in [0.717, 1.165) is 56.0 Å². The van der Waals surface area contributed by atoms with Gasteiger partial charge in [0.15, 0.2) is 11.3 Å². The summed E-state index contributed by atoms with van der Waals surface area (Å²) >= 11 is 0. The molecule has 0 aliphatic carbocycles. The molecule has 0 bridgehead atoms. The Bertz CT molecular complexity index is 1720. The Morgan fingerprint density at radius 1 is 1.09 bits per heavy atom. The highest BCUT2D eigenvalue weighted by molar-refractivity contribution is 5.90. The number of esters is 1. The molecule has 2 fully saturated rings. The van der Waals surface area contributed by atoms with E-state index in [-0.39, 0.29) is 42.0 Å². The van der Waals surface area contributed by atoms with E-state index in [1.165, 1.54) is 6.07 Å². The van der Waals surface area contributed by atoms with E-state index in [2.05, 4.69) is 16.4 Å². The molecule has 0 spiro atoms. The fourth-order valence-electron chi connectivity index (χ4n) is 5.91. The number of hydrogen-bond donors (Lipinski definition) is 0. The summed E-state index contributed by atoms with van der Waals surface area (Å²) in [6.07, 6.45) is 2.68. The number of pyridine rings is 2. The van der Waals surface area contributed by atoms with Crippen LogP contribution in [0.4, 0.5) is 4.39 Å². The highest BCUT2D eigenvalue weighted by atomic mass is 19.1. The van der Waals surface area contributed by atoms with Crippen molar-refractivity contribution in [2.45, 2.75) is 77.4 Å². The van der Waals surface area contributed by atoms with Crippen LogP contribution in [0.5, 0.6) is 5.88 Å². The molecule has 2 aliphatic heterocycles. The minimum Gasteiger partial charge on any atom is -0.473 e. The quantitative estimate of drug-likeness (QED) is 0.208. The van der Waals surface area contributed by atoms with Gasteiger partial charge in [-0.15, -0.1) is 0 Å². The van der Waals surface area contributed by atoms with Gasteiger partial charge in [-0.05, 0) is 83.5 Å². The zero-order valence-corrected chi connectivity index (χ0v) is 25.8. The number of carbonyl (C=O) groups excluding carboxylic acids is 1. The first kappa shape index (κ1) is 30.6. The van der Waals surface area contributed by atoms with Gasteiger partial charge >= 0.3 is 5.97 Å². The number of ether oxygens (including phenoxy) is 3. The van der Waals surface area contributed by atoms with Gasteiger partial charge in [-0.3, -0.25) is 4.90 Å². The number of hydrogen-bond acceptors (Lipinski definition) is 9. The summed E-state index contributed by atoms with van der Waals surface area (Å²) in [6.45, 7) is 8.94. The first-order valence-electron chi connectivity index (χ1n) is 15.5. The van der Waals surface area contributed by atoms with Crippen molar-refractivity contribution >= 4 is 17.1 Å². The summed E-state index contributed by atoms with van der Waals surface area (Å²) in [7, 11) is 0. The number of halogens is 1. The van der Waals surface area contributed by atoms with Gasteiger partial charge in [0.25, 0.3) is 0 Å². The fraction of sp³-hybridized carbons (Fsp3) is 0.441. The largest absolute Gasteiger partial charge is 0.473 e. The topological polar surface area (TPSA) is 115 Å². The van der Waals surface area contributed by atoms with Crippen molar-refractivity contribution in [3.63, 3.8) is 0 Å². The number of likely N-dealkylation sites (tertiary alicyclic amines) is 1. The molecule has 2 atom stereocenters. The Labute approximate surface area is 261 Å². The smallest absolute Gasteiger partial charge is 0.357 e. The van der Waals surface area contributed by atoms with Crippen LogP contribution in [0.2, 0.25) is 0 Å². The maximum atomic E-state index is 14.3. The van der Waals surface area contributed by atoms with Crippen molar-refractivity contribution in [3.8, 4) is 11.9 Å². The summed E-state index contributed by atoms with van der Waals surface area (Å²) in [6, 6.07) is 15.6. The second-order valence-electron chi connectivity index (χ2n) is 11.9. The number of imidazole rings is 1. The van der Waals surface area contributed by atoms with Crippen LogP contribution in [-0.4, -0.2) is 62.3 Å². The Kier molecular flexibility index (Phi) is 9.05. The Balaban J connectivity index is 1.14. The van der Waals surface area contributed by atoms with Crippen molar-refractivity contribution in [2.24, 2.45) is 0 Å². The third-order valence-electron chi connectivity index (χ3n) is 8.53. The normalized spacial score (nSPS) is 18.0. The van der Waals surface area contributed by atoms with Gasteiger partial charge in [-0.1, -0.05) is 12.1 Å². The monoisotopic (exact) mass is 612 g/mol. The molecule has 3 aromatic heterocycles. The van der Waals surface area contributed by atoms with Crippen LogP contribution in [0, 0.1) is 17.1 Å². The molecule has 2 aliphatic rings. The van der Waals surface area contributed by atoms with Gasteiger partial charge in [-0.25, -0.2) is 24.1 Å². The lowest BCUT2D eigenvalue weighted by atomic mass is 9.92. The number of fused-ring (bicyclic) bond motifs is 1. The van der Waals surface area contributed by atoms with Gasteiger partial charge in [0.05, 0.1) is 36.4 Å². The minimum atomic E-state index is -0.467. The second-order valence-corrected chi connectivity index (χ2v) is 11.9. The van der Waals surface area contributed by atoms with Gasteiger partial charge in [0, 0.05) is 29.8 Å². The fourth-order valence-corrected chi connectivity index (χ4v) is 5.91. The summed E-state index contributed by atoms with van der Waals surface area (Å²) in [5.74, 6) is 0.709. The predicted molar refractivity (Wildman–Crippen MR) is 164 cm³/mol. The van der Waals surface area contributed by atoms with Gasteiger partial charge < -0.3 is 18.8 Å². The predicted octanol–water partition coefficient (Wildman–Crippen LogP) is 5.71. The molecule has 1 aromatic carbocycles. The van der Waals surface area contributed by atoms with Crippen LogP contribution in [0.15, 0.2) is 48.5 Å². The van der Waals surface area contributed by atoms with Crippen molar-refractivity contribution in [1.82, 2.24) is 24.4 Å². The molecular weight excluding hydrogens is 575 g/mol. The summed E-state index contributed by atoms with van der Waals surface area (Å²) in [4.78, 5) is 29.5. The molecule has 10 nitrogen and oxygen atoms in total. The molecule has 0 amide bonds. The number of nitriles is 1. The Morgan fingerprint density at radius 2 is 1.89 bits per heavy atom. The zero-order chi connectivity index (χ0) is 31.5. The van der Waals surface area contributed by atoms with Crippen LogP contribution in [0.25, 0.3) is 11.2 Å². The van der Waals surface area contributed by atoms with E-state index >= 15 is 0 Å². The van der Waals surface area contributed by atoms with Gasteiger partial charge in [-0.2, -0.15) is 5.26 Å². The van der Waals surface area contributed by atoms with Crippen molar-refractivity contribution < 1.29 is 23.4 Å². The molecule has 5 heterocycles. The molecular formula is C34H37FN6O4. The maximum absolute atomic E-state index is 14.3. The Morgan fingerprint density at radius 3 is 2.58 bits per heavy atom. The number of aromatic nitrogens is 4. The molecule has 2 saturated heterocycles. The number of piperidine rings is 1. The number of benzene rings is 1. The molecule has 4 aromatic rings. The summed E-state index contributed by atoms with van der Waals surface area (Å²) < 4.78 is 33.4. The zero-order valence-electron chi connectivity index (χ0n) is 25.8. The van der Waals surface area contributed by atoms with Crippen LogP contribution in [0.3, 0.4) is 0 Å². The molecule has 6 rings (SSSR count). The molecule has 234 valence electrons.